The van der Waals surface area contributed by atoms with Gasteiger partial charge in [-0.15, -0.1) is 0 Å². The van der Waals surface area contributed by atoms with Crippen LogP contribution in [-0.2, 0) is 4.79 Å². The molecule has 4 aromatic rings. The second-order valence-corrected chi connectivity index (χ2v) is 9.65. The molecule has 2 N–H and O–H groups in total. The molecule has 1 unspecified atom stereocenters. The number of anilines is 1. The van der Waals surface area contributed by atoms with Gasteiger partial charge in [0, 0.05) is 29.8 Å². The number of methoxy groups -OCH3 is 1. The number of aryl methyl sites for hydroxylation is 1. The molecule has 0 radical (unpaired) electrons. The number of aromatic amines is 1. The van der Waals surface area contributed by atoms with Crippen LogP contribution in [0.5, 0.6) is 5.75 Å². The highest BCUT2D eigenvalue weighted by Gasteiger charge is 2.36. The number of pyridine rings is 1. The molecule has 38 heavy (non-hydrogen) atoms. The number of benzene rings is 2. The van der Waals surface area contributed by atoms with Crippen LogP contribution in [0.15, 0.2) is 85.2 Å². The lowest BCUT2D eigenvalue weighted by molar-refractivity contribution is -0.123. The summed E-state index contributed by atoms with van der Waals surface area (Å²) < 4.78 is 5.35. The first kappa shape index (κ1) is 25.3. The summed E-state index contributed by atoms with van der Waals surface area (Å²) in [5.74, 6) is 0.164. The molecular formula is C31H32N4O3. The maximum atomic E-state index is 14.4. The summed E-state index contributed by atoms with van der Waals surface area (Å²) in [5.41, 5.74) is 4.35. The summed E-state index contributed by atoms with van der Waals surface area (Å²) in [6.07, 6.45) is 7.37. The van der Waals surface area contributed by atoms with Gasteiger partial charge in [-0.25, -0.2) is 0 Å². The first-order valence-electron chi connectivity index (χ1n) is 13.0. The third kappa shape index (κ3) is 5.32. The topological polar surface area (TPSA) is 87.3 Å². The molecule has 7 nitrogen and oxygen atoms in total. The second-order valence-electron chi connectivity index (χ2n) is 9.65. The Labute approximate surface area is 222 Å². The predicted octanol–water partition coefficient (Wildman–Crippen LogP) is 5.84. The maximum Gasteiger partial charge on any atom is 0.275 e. The number of amides is 2. The minimum atomic E-state index is -0.887. The molecule has 1 aliphatic rings. The smallest absolute Gasteiger partial charge is 0.275 e. The molecule has 2 aromatic heterocycles. The fraction of sp³-hybridized carbons (Fsp3) is 0.258. The van der Waals surface area contributed by atoms with Gasteiger partial charge in [0.25, 0.3) is 5.91 Å². The SMILES string of the molecule is COc1ccc(N(C(=O)c2[nH]c(-c3ccccc3)cc2C)C(C(=O)NC2CCCC2)c2ccncc2)cc1. The molecule has 0 bridgehead atoms. The van der Waals surface area contributed by atoms with Gasteiger partial charge in [-0.1, -0.05) is 43.2 Å². The first-order valence-corrected chi connectivity index (χ1v) is 13.0. The summed E-state index contributed by atoms with van der Waals surface area (Å²) in [7, 11) is 1.60. The minimum absolute atomic E-state index is 0.108. The van der Waals surface area contributed by atoms with Crippen LogP contribution in [0.4, 0.5) is 5.69 Å². The van der Waals surface area contributed by atoms with E-state index in [1.54, 1.807) is 48.7 Å². The highest BCUT2D eigenvalue weighted by molar-refractivity contribution is 6.10. The quantitative estimate of drug-likeness (QED) is 0.313. The Bertz CT molecular complexity index is 1380. The second kappa shape index (κ2) is 11.3. The van der Waals surface area contributed by atoms with E-state index >= 15 is 0 Å². The number of nitrogens with zero attached hydrogens (tertiary/aromatic N) is 2. The third-order valence-corrected chi connectivity index (χ3v) is 7.11. The minimum Gasteiger partial charge on any atom is -0.497 e. The van der Waals surface area contributed by atoms with Crippen LogP contribution in [-0.4, -0.2) is 34.9 Å². The van der Waals surface area contributed by atoms with Gasteiger partial charge in [-0.05, 0) is 78.9 Å². The van der Waals surface area contributed by atoms with E-state index in [-0.39, 0.29) is 17.9 Å². The van der Waals surface area contributed by atoms with Crippen LogP contribution < -0.4 is 15.0 Å². The normalized spacial score (nSPS) is 14.2. The molecule has 5 rings (SSSR count). The molecular weight excluding hydrogens is 476 g/mol. The van der Waals surface area contributed by atoms with E-state index in [1.165, 1.54) is 0 Å². The van der Waals surface area contributed by atoms with Crippen molar-refractivity contribution in [3.8, 4) is 17.0 Å². The molecule has 1 aliphatic carbocycles. The number of nitrogens with one attached hydrogen (secondary N) is 2. The van der Waals surface area contributed by atoms with Crippen LogP contribution in [0, 0.1) is 6.92 Å². The Balaban J connectivity index is 1.60. The van der Waals surface area contributed by atoms with Crippen molar-refractivity contribution in [2.24, 2.45) is 0 Å². The van der Waals surface area contributed by atoms with Crippen molar-refractivity contribution < 1.29 is 14.3 Å². The zero-order valence-electron chi connectivity index (χ0n) is 21.7. The van der Waals surface area contributed by atoms with Crippen LogP contribution in [0.2, 0.25) is 0 Å². The highest BCUT2D eigenvalue weighted by atomic mass is 16.5. The van der Waals surface area contributed by atoms with E-state index in [4.69, 9.17) is 4.74 Å². The molecule has 1 saturated carbocycles. The molecule has 1 atom stereocenters. The van der Waals surface area contributed by atoms with E-state index in [9.17, 15) is 9.59 Å². The van der Waals surface area contributed by atoms with Gasteiger partial charge >= 0.3 is 0 Å². The predicted molar refractivity (Wildman–Crippen MR) is 148 cm³/mol. The molecule has 2 aromatic carbocycles. The molecule has 7 heteroatoms. The highest BCUT2D eigenvalue weighted by Crippen LogP contribution is 2.33. The van der Waals surface area contributed by atoms with E-state index in [1.807, 2.05) is 55.5 Å². The number of rotatable bonds is 8. The fourth-order valence-electron chi connectivity index (χ4n) is 5.11. The van der Waals surface area contributed by atoms with Crippen molar-refractivity contribution in [2.75, 3.05) is 12.0 Å². The number of carbonyl (C=O) groups is 2. The molecule has 0 saturated heterocycles. The van der Waals surface area contributed by atoms with Gasteiger partial charge < -0.3 is 15.0 Å². The molecule has 2 heterocycles. The van der Waals surface area contributed by atoms with Gasteiger partial charge in [-0.2, -0.15) is 0 Å². The van der Waals surface area contributed by atoms with Crippen molar-refractivity contribution in [3.63, 3.8) is 0 Å². The average Bonchev–Trinajstić information content (AvgIpc) is 3.62. The Morgan fingerprint density at radius 3 is 2.34 bits per heavy atom. The summed E-state index contributed by atoms with van der Waals surface area (Å²) in [6, 6.07) is 21.9. The standard InChI is InChI=1S/C31H32N4O3/c1-21-20-27(22-8-4-3-5-9-22)34-28(21)31(37)35(25-12-14-26(38-2)15-13-25)29(23-16-18-32-19-17-23)30(36)33-24-10-6-7-11-24/h3-5,8-9,12-20,24,29,34H,6-7,10-11H2,1-2H3,(H,33,36). The molecule has 0 spiro atoms. The summed E-state index contributed by atoms with van der Waals surface area (Å²) in [5, 5.41) is 3.21. The van der Waals surface area contributed by atoms with E-state index in [0.717, 1.165) is 42.5 Å². The number of hydrogen-bond donors (Lipinski definition) is 2. The lowest BCUT2D eigenvalue weighted by Crippen LogP contribution is -2.46. The summed E-state index contributed by atoms with van der Waals surface area (Å²) in [6.45, 7) is 1.91. The van der Waals surface area contributed by atoms with Crippen LogP contribution in [0.25, 0.3) is 11.3 Å². The maximum absolute atomic E-state index is 14.4. The van der Waals surface area contributed by atoms with Gasteiger partial charge in [0.15, 0.2) is 0 Å². The van der Waals surface area contributed by atoms with Gasteiger partial charge in [0.1, 0.15) is 17.5 Å². The Morgan fingerprint density at radius 2 is 1.68 bits per heavy atom. The average molecular weight is 509 g/mol. The zero-order valence-corrected chi connectivity index (χ0v) is 21.7. The third-order valence-electron chi connectivity index (χ3n) is 7.11. The lowest BCUT2D eigenvalue weighted by atomic mass is 10.0. The largest absolute Gasteiger partial charge is 0.497 e. The Morgan fingerprint density at radius 1 is 1.00 bits per heavy atom. The zero-order chi connectivity index (χ0) is 26.5. The van der Waals surface area contributed by atoms with Gasteiger partial charge in [0.2, 0.25) is 5.91 Å². The van der Waals surface area contributed by atoms with Crippen molar-refractivity contribution in [3.05, 3.63) is 102 Å². The number of carbonyl (C=O) groups excluding carboxylic acids is 2. The summed E-state index contributed by atoms with van der Waals surface area (Å²) in [4.78, 5) is 37.4. The molecule has 0 aliphatic heterocycles. The van der Waals surface area contributed by atoms with Gasteiger partial charge in [-0.3, -0.25) is 19.5 Å². The number of H-pyrrole nitrogens is 1. The Kier molecular flexibility index (Phi) is 7.54. The van der Waals surface area contributed by atoms with Crippen molar-refractivity contribution in [1.82, 2.24) is 15.3 Å². The number of aromatic nitrogens is 2. The van der Waals surface area contributed by atoms with E-state index in [2.05, 4.69) is 15.3 Å². The monoisotopic (exact) mass is 508 g/mol. The van der Waals surface area contributed by atoms with Crippen molar-refractivity contribution in [2.45, 2.75) is 44.7 Å². The van der Waals surface area contributed by atoms with Crippen molar-refractivity contribution >= 4 is 17.5 Å². The number of ether oxygens (including phenoxy) is 1. The van der Waals surface area contributed by atoms with Crippen LogP contribution in [0.3, 0.4) is 0 Å². The van der Waals surface area contributed by atoms with Crippen molar-refractivity contribution in [1.29, 1.82) is 0 Å². The fourth-order valence-corrected chi connectivity index (χ4v) is 5.11. The molecule has 194 valence electrons. The van der Waals surface area contributed by atoms with Crippen LogP contribution >= 0.6 is 0 Å². The van der Waals surface area contributed by atoms with Crippen LogP contribution in [0.1, 0.15) is 53.3 Å². The molecule has 2 amide bonds. The Hall–Kier alpha value is -4.39. The van der Waals surface area contributed by atoms with E-state index < -0.39 is 6.04 Å². The molecule has 1 fully saturated rings. The number of hydrogen-bond acceptors (Lipinski definition) is 4. The lowest BCUT2D eigenvalue weighted by Gasteiger charge is -2.32. The first-order chi connectivity index (χ1) is 18.5. The van der Waals surface area contributed by atoms with E-state index in [0.29, 0.717) is 22.7 Å². The summed E-state index contributed by atoms with van der Waals surface area (Å²) >= 11 is 0. The van der Waals surface area contributed by atoms with Gasteiger partial charge in [0.05, 0.1) is 7.11 Å².